The molecule has 0 radical (unpaired) electrons. The molecule has 0 saturated heterocycles. The van der Waals surface area contributed by atoms with Gasteiger partial charge in [0, 0.05) is 0 Å². The molecule has 1 aromatic carbocycles. The van der Waals surface area contributed by atoms with Gasteiger partial charge in [-0.3, -0.25) is 0 Å². The third kappa shape index (κ3) is 11.7. The summed E-state index contributed by atoms with van der Waals surface area (Å²) in [6.45, 7) is 2.75. The molecule has 0 amide bonds. The van der Waals surface area contributed by atoms with E-state index in [0.717, 1.165) is 12.8 Å². The molecule has 0 unspecified atom stereocenters. The Morgan fingerprint density at radius 3 is 2.00 bits per heavy atom. The summed E-state index contributed by atoms with van der Waals surface area (Å²) in [5.74, 6) is 0.410. The fraction of sp³-hybridized carbons (Fsp3) is 0.650. The number of ether oxygens (including phenoxy) is 2. The average molecular weight is 320 g/mol. The van der Waals surface area contributed by atoms with E-state index in [1.165, 1.54) is 51.4 Å². The van der Waals surface area contributed by atoms with E-state index in [1.54, 1.807) is 0 Å². The number of unbranched alkanes of at least 4 members (excludes halogenated alkanes) is 9. The van der Waals surface area contributed by atoms with Crippen molar-refractivity contribution in [1.29, 1.82) is 0 Å². The van der Waals surface area contributed by atoms with Gasteiger partial charge in [-0.1, -0.05) is 82.9 Å². The molecule has 1 rings (SSSR count). The molecule has 130 valence electrons. The second kappa shape index (κ2) is 14.1. The zero-order valence-electron chi connectivity index (χ0n) is 14.6. The number of benzene rings is 1. The average Bonchev–Trinajstić information content (AvgIpc) is 2.59. The smallest absolute Gasteiger partial charge is 0.344 e. The summed E-state index contributed by atoms with van der Waals surface area (Å²) in [6, 6.07) is 9.33. The van der Waals surface area contributed by atoms with Gasteiger partial charge in [0.25, 0.3) is 0 Å². The fourth-order valence-electron chi connectivity index (χ4n) is 2.48. The van der Waals surface area contributed by atoms with Crippen LogP contribution in [0.3, 0.4) is 0 Å². The molecule has 0 aliphatic heterocycles. The van der Waals surface area contributed by atoms with Gasteiger partial charge < -0.3 is 9.47 Å². The molecule has 0 bridgehead atoms. The Kier molecular flexibility index (Phi) is 12.0. The third-order valence-electron chi connectivity index (χ3n) is 3.86. The number of hydrogen-bond donors (Lipinski definition) is 0. The van der Waals surface area contributed by atoms with Crippen molar-refractivity contribution in [3.63, 3.8) is 0 Å². The van der Waals surface area contributed by atoms with Crippen molar-refractivity contribution < 1.29 is 14.3 Å². The van der Waals surface area contributed by atoms with E-state index in [9.17, 15) is 4.79 Å². The molecule has 0 fully saturated rings. The van der Waals surface area contributed by atoms with Crippen LogP contribution in [0.15, 0.2) is 30.3 Å². The quantitative estimate of drug-likeness (QED) is 0.334. The van der Waals surface area contributed by atoms with Crippen LogP contribution in [-0.2, 0) is 9.53 Å². The zero-order valence-corrected chi connectivity index (χ0v) is 14.6. The minimum Gasteiger partial charge on any atom is -0.482 e. The van der Waals surface area contributed by atoms with Crippen LogP contribution in [0, 0.1) is 0 Å². The van der Waals surface area contributed by atoms with Gasteiger partial charge in [0.05, 0.1) is 6.61 Å². The van der Waals surface area contributed by atoms with Crippen molar-refractivity contribution in [1.82, 2.24) is 0 Å². The molecule has 0 spiro atoms. The van der Waals surface area contributed by atoms with Crippen LogP contribution in [0.25, 0.3) is 0 Å². The van der Waals surface area contributed by atoms with E-state index in [2.05, 4.69) is 6.92 Å². The Balaban J connectivity index is 1.84. The summed E-state index contributed by atoms with van der Waals surface area (Å²) in [6.07, 6.45) is 12.8. The van der Waals surface area contributed by atoms with Crippen molar-refractivity contribution in [2.24, 2.45) is 0 Å². The minimum absolute atomic E-state index is 0.0121. The van der Waals surface area contributed by atoms with Gasteiger partial charge in [-0.15, -0.1) is 0 Å². The summed E-state index contributed by atoms with van der Waals surface area (Å²) in [7, 11) is 0. The first-order valence-corrected chi connectivity index (χ1v) is 9.16. The Morgan fingerprint density at radius 2 is 1.39 bits per heavy atom. The van der Waals surface area contributed by atoms with Crippen LogP contribution < -0.4 is 4.74 Å². The highest BCUT2D eigenvalue weighted by Gasteiger charge is 2.03. The highest BCUT2D eigenvalue weighted by atomic mass is 16.6. The topological polar surface area (TPSA) is 35.5 Å². The maximum atomic E-state index is 11.5. The lowest BCUT2D eigenvalue weighted by atomic mass is 10.1. The lowest BCUT2D eigenvalue weighted by Crippen LogP contribution is -2.15. The normalized spacial score (nSPS) is 10.5. The van der Waals surface area contributed by atoms with Crippen LogP contribution in [0.1, 0.15) is 71.1 Å². The molecule has 0 N–H and O–H groups in total. The molecule has 3 heteroatoms. The molecule has 0 atom stereocenters. The van der Waals surface area contributed by atoms with Gasteiger partial charge in [0.15, 0.2) is 6.61 Å². The first kappa shape index (κ1) is 19.5. The number of esters is 1. The van der Waals surface area contributed by atoms with E-state index in [-0.39, 0.29) is 12.6 Å². The molecule has 0 aromatic heterocycles. The van der Waals surface area contributed by atoms with Gasteiger partial charge in [0.1, 0.15) is 5.75 Å². The van der Waals surface area contributed by atoms with Crippen molar-refractivity contribution in [3.05, 3.63) is 30.3 Å². The summed E-state index contributed by atoms with van der Waals surface area (Å²) < 4.78 is 10.5. The Morgan fingerprint density at radius 1 is 0.826 bits per heavy atom. The first-order chi connectivity index (χ1) is 11.3. The standard InChI is InChI=1S/C20H32O3/c1-2-3-4-5-6-7-8-9-10-14-17-22-20(21)18-23-19-15-12-11-13-16-19/h11-13,15-16H,2-10,14,17-18H2,1H3. The number of rotatable bonds is 14. The van der Waals surface area contributed by atoms with Crippen LogP contribution in [0.4, 0.5) is 0 Å². The predicted molar refractivity (Wildman–Crippen MR) is 94.7 cm³/mol. The largest absolute Gasteiger partial charge is 0.482 e. The molecule has 0 heterocycles. The van der Waals surface area contributed by atoms with E-state index >= 15 is 0 Å². The number of para-hydroxylation sites is 1. The molecule has 0 saturated carbocycles. The highest BCUT2D eigenvalue weighted by Crippen LogP contribution is 2.11. The van der Waals surface area contributed by atoms with E-state index in [0.29, 0.717) is 12.4 Å². The number of carbonyl (C=O) groups excluding carboxylic acids is 1. The Hall–Kier alpha value is -1.51. The minimum atomic E-state index is -0.287. The Labute approximate surface area is 141 Å². The van der Waals surface area contributed by atoms with E-state index < -0.39 is 0 Å². The summed E-state index contributed by atoms with van der Waals surface area (Å²) in [4.78, 5) is 11.5. The van der Waals surface area contributed by atoms with Crippen molar-refractivity contribution >= 4 is 5.97 Å². The predicted octanol–water partition coefficient (Wildman–Crippen LogP) is 5.53. The fourth-order valence-corrected chi connectivity index (χ4v) is 2.48. The summed E-state index contributed by atoms with van der Waals surface area (Å²) in [5.41, 5.74) is 0. The lowest BCUT2D eigenvalue weighted by molar-refractivity contribution is -0.146. The lowest BCUT2D eigenvalue weighted by Gasteiger charge is -2.07. The van der Waals surface area contributed by atoms with Gasteiger partial charge in [-0.05, 0) is 18.6 Å². The molecule has 0 aliphatic carbocycles. The molecular formula is C20H32O3. The Bertz CT molecular complexity index is 389. The van der Waals surface area contributed by atoms with Crippen molar-refractivity contribution in [2.45, 2.75) is 71.1 Å². The third-order valence-corrected chi connectivity index (χ3v) is 3.86. The number of hydrogen-bond acceptors (Lipinski definition) is 3. The zero-order chi connectivity index (χ0) is 16.6. The maximum absolute atomic E-state index is 11.5. The summed E-state index contributed by atoms with van der Waals surface area (Å²) in [5, 5.41) is 0. The van der Waals surface area contributed by atoms with Gasteiger partial charge >= 0.3 is 5.97 Å². The van der Waals surface area contributed by atoms with Crippen LogP contribution >= 0.6 is 0 Å². The van der Waals surface area contributed by atoms with E-state index in [4.69, 9.17) is 9.47 Å². The molecule has 0 aliphatic rings. The van der Waals surface area contributed by atoms with Crippen molar-refractivity contribution in [2.75, 3.05) is 13.2 Å². The SMILES string of the molecule is CCCCCCCCCCCCOC(=O)COc1ccccc1. The highest BCUT2D eigenvalue weighted by molar-refractivity contribution is 5.71. The second-order valence-corrected chi connectivity index (χ2v) is 6.00. The monoisotopic (exact) mass is 320 g/mol. The van der Waals surface area contributed by atoms with Gasteiger partial charge in [-0.25, -0.2) is 4.79 Å². The molecule has 3 nitrogen and oxygen atoms in total. The van der Waals surface area contributed by atoms with Gasteiger partial charge in [0.2, 0.25) is 0 Å². The molecule has 23 heavy (non-hydrogen) atoms. The maximum Gasteiger partial charge on any atom is 0.344 e. The first-order valence-electron chi connectivity index (χ1n) is 9.16. The summed E-state index contributed by atoms with van der Waals surface area (Å²) >= 11 is 0. The van der Waals surface area contributed by atoms with E-state index in [1.807, 2.05) is 30.3 Å². The molecule has 1 aromatic rings. The van der Waals surface area contributed by atoms with Crippen molar-refractivity contribution in [3.8, 4) is 5.75 Å². The second-order valence-electron chi connectivity index (χ2n) is 6.00. The van der Waals surface area contributed by atoms with Crippen LogP contribution in [0.2, 0.25) is 0 Å². The van der Waals surface area contributed by atoms with Crippen LogP contribution in [0.5, 0.6) is 5.75 Å². The van der Waals surface area contributed by atoms with Crippen LogP contribution in [-0.4, -0.2) is 19.2 Å². The molecular weight excluding hydrogens is 288 g/mol. The van der Waals surface area contributed by atoms with Gasteiger partial charge in [-0.2, -0.15) is 0 Å². The number of carbonyl (C=O) groups is 1.